The molecule has 1 aromatic heterocycles. The first-order chi connectivity index (χ1) is 12.2. The Morgan fingerprint density at radius 3 is 2.54 bits per heavy atom. The maximum Gasteiger partial charge on any atom is 0.407 e. The number of thioether (sulfide) groups is 1. The van der Waals surface area contributed by atoms with Crippen LogP contribution in [0.2, 0.25) is 0 Å². The van der Waals surface area contributed by atoms with E-state index in [2.05, 4.69) is 15.6 Å². The molecule has 8 heteroatoms. The Labute approximate surface area is 158 Å². The van der Waals surface area contributed by atoms with Gasteiger partial charge in [0, 0.05) is 17.7 Å². The van der Waals surface area contributed by atoms with E-state index in [1.165, 1.54) is 11.8 Å². The number of nitrogens with one attached hydrogen (secondary N) is 2. The predicted octanol–water partition coefficient (Wildman–Crippen LogP) is 3.11. The second kappa shape index (κ2) is 10.2. The van der Waals surface area contributed by atoms with Crippen molar-refractivity contribution in [2.24, 2.45) is 0 Å². The Morgan fingerprint density at radius 2 is 2.00 bits per heavy atom. The minimum absolute atomic E-state index is 0.165. The first kappa shape index (κ1) is 22.0. The fourth-order valence-corrected chi connectivity index (χ4v) is 2.40. The zero-order chi connectivity index (χ0) is 19.7. The summed E-state index contributed by atoms with van der Waals surface area (Å²) in [6, 6.07) is 3.53. The number of aromatic nitrogens is 1. The van der Waals surface area contributed by atoms with E-state index in [1.54, 1.807) is 40.0 Å². The molecule has 0 bridgehead atoms. The lowest BCUT2D eigenvalue weighted by molar-refractivity contribution is 0.0523. The molecule has 2 N–H and O–H groups in total. The van der Waals surface area contributed by atoms with Gasteiger partial charge in [-0.15, -0.1) is 11.8 Å². The Hall–Kier alpha value is -2.06. The molecule has 0 aliphatic carbocycles. The van der Waals surface area contributed by atoms with Gasteiger partial charge in [0.25, 0.3) is 5.91 Å². The van der Waals surface area contributed by atoms with Gasteiger partial charge in [0.1, 0.15) is 11.3 Å². The zero-order valence-corrected chi connectivity index (χ0v) is 17.0. The number of hydrogen-bond acceptors (Lipinski definition) is 6. The van der Waals surface area contributed by atoms with Gasteiger partial charge in [-0.2, -0.15) is 0 Å². The third kappa shape index (κ3) is 7.88. The summed E-state index contributed by atoms with van der Waals surface area (Å²) in [5.74, 6) is -0.329. The maximum atomic E-state index is 12.4. The van der Waals surface area contributed by atoms with Crippen LogP contribution < -0.4 is 10.6 Å². The number of nitrogens with zero attached hydrogens (tertiary/aromatic N) is 1. The van der Waals surface area contributed by atoms with Crippen LogP contribution in [0.25, 0.3) is 0 Å². The monoisotopic (exact) mass is 381 g/mol. The Bertz CT molecular complexity index is 669. The number of ether oxygens (including phenoxy) is 2. The van der Waals surface area contributed by atoms with Gasteiger partial charge in [0.2, 0.25) is 0 Å². The summed E-state index contributed by atoms with van der Waals surface area (Å²) in [6.45, 7) is 7.66. The first-order valence-corrected chi connectivity index (χ1v) is 9.38. The van der Waals surface area contributed by atoms with E-state index in [4.69, 9.17) is 9.47 Å². The van der Waals surface area contributed by atoms with E-state index in [0.29, 0.717) is 18.0 Å². The molecule has 0 aromatic carbocycles. The minimum Gasteiger partial charge on any atom is -0.444 e. The van der Waals surface area contributed by atoms with Crippen LogP contribution in [0.1, 0.15) is 43.9 Å². The van der Waals surface area contributed by atoms with E-state index >= 15 is 0 Å². The second-order valence-corrected chi connectivity index (χ2v) is 7.32. The molecule has 0 aliphatic heterocycles. The lowest BCUT2D eigenvalue weighted by atomic mass is 10.2. The summed E-state index contributed by atoms with van der Waals surface area (Å²) in [4.78, 5) is 29.4. The van der Waals surface area contributed by atoms with Gasteiger partial charge >= 0.3 is 6.09 Å². The average Bonchev–Trinajstić information content (AvgIpc) is 2.57. The lowest BCUT2D eigenvalue weighted by Crippen LogP contribution is -2.32. The zero-order valence-electron chi connectivity index (χ0n) is 16.1. The van der Waals surface area contributed by atoms with Gasteiger partial charge in [-0.1, -0.05) is 6.08 Å². The van der Waals surface area contributed by atoms with Crippen molar-refractivity contribution in [3.05, 3.63) is 35.3 Å². The number of amides is 2. The summed E-state index contributed by atoms with van der Waals surface area (Å²) >= 11 is 1.49. The van der Waals surface area contributed by atoms with Gasteiger partial charge in [-0.05, 0) is 46.1 Å². The molecule has 0 aliphatic rings. The van der Waals surface area contributed by atoms with Gasteiger partial charge in [0.05, 0.1) is 18.8 Å². The number of methoxy groups -OCH3 is 1. The van der Waals surface area contributed by atoms with Crippen molar-refractivity contribution < 1.29 is 19.1 Å². The highest BCUT2D eigenvalue weighted by atomic mass is 32.2. The fourth-order valence-electron chi connectivity index (χ4n) is 1.92. The standard InChI is InChI=1S/C18H27N3O4S/c1-7-12(11-24-5)21-16(22)15-9-14(26-6)8-13(20-15)10-19-17(23)25-18(2,3)4/h7-9H,10-11H2,1-6H3,(H,19,23)(H,21,22)/b12-7+. The van der Waals surface area contributed by atoms with E-state index in [-0.39, 0.29) is 18.1 Å². The Morgan fingerprint density at radius 1 is 1.31 bits per heavy atom. The molecular formula is C18H27N3O4S. The Balaban J connectivity index is 2.87. The highest BCUT2D eigenvalue weighted by Crippen LogP contribution is 2.17. The molecule has 1 aromatic rings. The maximum absolute atomic E-state index is 12.4. The molecule has 0 atom stereocenters. The smallest absolute Gasteiger partial charge is 0.407 e. The summed E-state index contributed by atoms with van der Waals surface area (Å²) in [7, 11) is 1.56. The third-order valence-corrected chi connectivity index (χ3v) is 3.76. The van der Waals surface area contributed by atoms with E-state index in [9.17, 15) is 9.59 Å². The van der Waals surface area contributed by atoms with Crippen LogP contribution in [-0.4, -0.2) is 42.6 Å². The number of carbonyl (C=O) groups is 2. The molecule has 0 fully saturated rings. The van der Waals surface area contributed by atoms with Crippen LogP contribution in [0, 0.1) is 0 Å². The van der Waals surface area contributed by atoms with Crippen molar-refractivity contribution in [1.29, 1.82) is 0 Å². The number of carbonyl (C=O) groups excluding carboxylic acids is 2. The largest absolute Gasteiger partial charge is 0.444 e. The van der Waals surface area contributed by atoms with Crippen molar-refractivity contribution >= 4 is 23.8 Å². The van der Waals surface area contributed by atoms with Crippen LogP contribution in [-0.2, 0) is 16.0 Å². The molecule has 0 saturated carbocycles. The summed E-state index contributed by atoms with van der Waals surface area (Å²) in [5.41, 5.74) is 0.922. The predicted molar refractivity (Wildman–Crippen MR) is 102 cm³/mol. The quantitative estimate of drug-likeness (QED) is 0.706. The van der Waals surface area contributed by atoms with Crippen molar-refractivity contribution in [3.8, 4) is 0 Å². The number of rotatable bonds is 7. The van der Waals surface area contributed by atoms with Gasteiger partial charge in [-0.25, -0.2) is 9.78 Å². The Kier molecular flexibility index (Phi) is 8.60. The van der Waals surface area contributed by atoms with E-state index in [0.717, 1.165) is 4.90 Å². The molecule has 26 heavy (non-hydrogen) atoms. The normalized spacial score (nSPS) is 11.8. The van der Waals surface area contributed by atoms with Crippen LogP contribution in [0.3, 0.4) is 0 Å². The van der Waals surface area contributed by atoms with Crippen molar-refractivity contribution in [3.63, 3.8) is 0 Å². The molecule has 0 unspecified atom stereocenters. The molecule has 2 amide bonds. The van der Waals surface area contributed by atoms with Crippen molar-refractivity contribution in [1.82, 2.24) is 15.6 Å². The minimum atomic E-state index is -0.575. The molecular weight excluding hydrogens is 354 g/mol. The molecule has 0 radical (unpaired) electrons. The number of allylic oxidation sites excluding steroid dienone is 1. The topological polar surface area (TPSA) is 89.6 Å². The molecule has 7 nitrogen and oxygen atoms in total. The molecule has 0 saturated heterocycles. The molecule has 144 valence electrons. The highest BCUT2D eigenvalue weighted by molar-refractivity contribution is 7.98. The van der Waals surface area contributed by atoms with Crippen LogP contribution in [0.4, 0.5) is 4.79 Å². The van der Waals surface area contributed by atoms with Gasteiger partial charge in [0.15, 0.2) is 0 Å². The van der Waals surface area contributed by atoms with Crippen LogP contribution in [0.15, 0.2) is 28.8 Å². The van der Waals surface area contributed by atoms with Gasteiger partial charge in [-0.3, -0.25) is 4.79 Å². The lowest BCUT2D eigenvalue weighted by Gasteiger charge is -2.19. The van der Waals surface area contributed by atoms with E-state index in [1.807, 2.05) is 19.2 Å². The molecule has 0 spiro atoms. The first-order valence-electron chi connectivity index (χ1n) is 8.15. The molecule has 1 rings (SSSR count). The van der Waals surface area contributed by atoms with Crippen LogP contribution >= 0.6 is 11.8 Å². The van der Waals surface area contributed by atoms with Crippen LogP contribution in [0.5, 0.6) is 0 Å². The van der Waals surface area contributed by atoms with Crippen molar-refractivity contribution in [2.45, 2.75) is 44.7 Å². The summed E-state index contributed by atoms with van der Waals surface area (Å²) in [5, 5.41) is 5.42. The van der Waals surface area contributed by atoms with E-state index < -0.39 is 11.7 Å². The van der Waals surface area contributed by atoms with Gasteiger partial charge < -0.3 is 20.1 Å². The third-order valence-electron chi connectivity index (χ3n) is 3.06. The average molecular weight is 381 g/mol. The van der Waals surface area contributed by atoms with Crippen molar-refractivity contribution in [2.75, 3.05) is 20.0 Å². The number of pyridine rings is 1. The molecule has 1 heterocycles. The second-order valence-electron chi connectivity index (χ2n) is 6.44. The number of alkyl carbamates (subject to hydrolysis) is 1. The summed E-state index contributed by atoms with van der Waals surface area (Å²) < 4.78 is 10.2. The summed E-state index contributed by atoms with van der Waals surface area (Å²) in [6.07, 6.45) is 3.14. The fraction of sp³-hybridized carbons (Fsp3) is 0.500. The number of hydrogen-bond donors (Lipinski definition) is 2. The highest BCUT2D eigenvalue weighted by Gasteiger charge is 2.17. The SMILES string of the molecule is C/C=C(\COC)NC(=O)c1cc(SC)cc(CNC(=O)OC(C)(C)C)n1.